The number of carbonyl (C=O) groups excluding carboxylic acids is 1. The Morgan fingerprint density at radius 2 is 1.66 bits per heavy atom. The van der Waals surface area contributed by atoms with Gasteiger partial charge in [0.15, 0.2) is 0 Å². The maximum absolute atomic E-state index is 13.2. The average Bonchev–Trinajstić information content (AvgIpc) is 2.99. The summed E-state index contributed by atoms with van der Waals surface area (Å²) in [6.45, 7) is 1.19. The van der Waals surface area contributed by atoms with Gasteiger partial charge in [-0.3, -0.25) is 4.79 Å². The van der Waals surface area contributed by atoms with Crippen molar-refractivity contribution in [1.29, 1.82) is 5.26 Å². The molecule has 4 rings (SSSR count). The van der Waals surface area contributed by atoms with Crippen LogP contribution in [0.15, 0.2) is 89.9 Å². The van der Waals surface area contributed by atoms with Crippen LogP contribution in [-0.4, -0.2) is 43.5 Å². The van der Waals surface area contributed by atoms with E-state index in [0.29, 0.717) is 30.4 Å². The Bertz CT molecular complexity index is 1260. The van der Waals surface area contributed by atoms with Crippen LogP contribution < -0.4 is 15.4 Å². The molecule has 38 heavy (non-hydrogen) atoms. The predicted octanol–water partition coefficient (Wildman–Crippen LogP) is 4.86. The minimum atomic E-state index is -0.194. The minimum Gasteiger partial charge on any atom is -0.496 e. The lowest BCUT2D eigenvalue weighted by atomic mass is 9.67. The second-order valence-electron chi connectivity index (χ2n) is 9.66. The average molecular weight is 510 g/mol. The van der Waals surface area contributed by atoms with E-state index in [0.717, 1.165) is 31.2 Å². The van der Waals surface area contributed by atoms with Gasteiger partial charge in [0.25, 0.3) is 5.91 Å². The van der Waals surface area contributed by atoms with Crippen LogP contribution in [0.5, 0.6) is 5.75 Å². The molecule has 3 aromatic carbocycles. The van der Waals surface area contributed by atoms with Gasteiger partial charge >= 0.3 is 0 Å². The summed E-state index contributed by atoms with van der Waals surface area (Å²) in [4.78, 5) is 19.5. The second kappa shape index (κ2) is 12.8. The van der Waals surface area contributed by atoms with Crippen molar-refractivity contribution in [3.05, 3.63) is 102 Å². The molecule has 0 unspecified atom stereocenters. The number of nitrogens with zero attached hydrogens (tertiary/aromatic N) is 3. The molecule has 1 amide bonds. The summed E-state index contributed by atoms with van der Waals surface area (Å²) in [5, 5.41) is 15.6. The summed E-state index contributed by atoms with van der Waals surface area (Å²) in [5.41, 5.74) is 2.73. The van der Waals surface area contributed by atoms with Gasteiger partial charge in [0, 0.05) is 31.6 Å². The first-order valence-electron chi connectivity index (χ1n) is 13.0. The van der Waals surface area contributed by atoms with Crippen molar-refractivity contribution in [2.24, 2.45) is 4.99 Å². The van der Waals surface area contributed by atoms with Crippen molar-refractivity contribution in [2.75, 3.05) is 20.7 Å². The summed E-state index contributed by atoms with van der Waals surface area (Å²) in [6, 6.07) is 28.2. The molecule has 3 aromatic rings. The molecule has 1 saturated carbocycles. The number of nitrogens with one attached hydrogen (secondary N) is 2. The fourth-order valence-corrected chi connectivity index (χ4v) is 5.47. The van der Waals surface area contributed by atoms with E-state index < -0.39 is 0 Å². The molecule has 0 spiro atoms. The van der Waals surface area contributed by atoms with Gasteiger partial charge in [-0.1, -0.05) is 72.8 Å². The smallest absolute Gasteiger partial charge is 0.255 e. The summed E-state index contributed by atoms with van der Waals surface area (Å²) in [6.07, 6.45) is 5.54. The van der Waals surface area contributed by atoms with Crippen LogP contribution in [0.25, 0.3) is 0 Å². The lowest BCUT2D eigenvalue weighted by Crippen LogP contribution is -2.51. The van der Waals surface area contributed by atoms with Crippen LogP contribution >= 0.6 is 0 Å². The zero-order valence-corrected chi connectivity index (χ0v) is 22.1. The van der Waals surface area contributed by atoms with Crippen molar-refractivity contribution in [3.8, 4) is 11.9 Å². The Balaban J connectivity index is 1.55. The van der Waals surface area contributed by atoms with Crippen LogP contribution in [0, 0.1) is 11.5 Å². The highest BCUT2D eigenvalue weighted by Crippen LogP contribution is 2.41. The Kier molecular flexibility index (Phi) is 8.99. The number of para-hydroxylation sites is 1. The van der Waals surface area contributed by atoms with Crippen LogP contribution in [0.2, 0.25) is 0 Å². The van der Waals surface area contributed by atoms with E-state index in [4.69, 9.17) is 4.74 Å². The summed E-state index contributed by atoms with van der Waals surface area (Å²) in [7, 11) is 3.38. The molecule has 1 fully saturated rings. The second-order valence-corrected chi connectivity index (χ2v) is 9.66. The number of guanidine groups is 1. The number of aliphatic imine (C=N–C) groups is 1. The van der Waals surface area contributed by atoms with Crippen molar-refractivity contribution >= 4 is 11.9 Å². The minimum absolute atomic E-state index is 0.135. The van der Waals surface area contributed by atoms with E-state index in [-0.39, 0.29) is 17.4 Å². The number of amides is 1. The lowest BCUT2D eigenvalue weighted by molar-refractivity contribution is 0.0925. The number of nitriles is 1. The molecule has 7 nitrogen and oxygen atoms in total. The maximum Gasteiger partial charge on any atom is 0.255 e. The number of carbonyl (C=O) groups is 1. The molecule has 2 N–H and O–H groups in total. The lowest BCUT2D eigenvalue weighted by Gasteiger charge is -2.44. The molecule has 0 aromatic heterocycles. The first-order chi connectivity index (χ1) is 18.6. The number of benzene rings is 3. The van der Waals surface area contributed by atoms with E-state index in [1.54, 1.807) is 26.3 Å². The van der Waals surface area contributed by atoms with Gasteiger partial charge in [-0.25, -0.2) is 0 Å². The highest BCUT2D eigenvalue weighted by molar-refractivity contribution is 5.97. The zero-order valence-electron chi connectivity index (χ0n) is 22.1. The number of rotatable bonds is 8. The first-order valence-corrected chi connectivity index (χ1v) is 13.0. The molecule has 0 heterocycles. The molecule has 1 aliphatic carbocycles. The molecular formula is C31H35N5O2. The topological polar surface area (TPSA) is 89.8 Å². The van der Waals surface area contributed by atoms with Crippen LogP contribution in [-0.2, 0) is 12.0 Å². The highest BCUT2D eigenvalue weighted by atomic mass is 16.5. The quantitative estimate of drug-likeness (QED) is 0.257. The highest BCUT2D eigenvalue weighted by Gasteiger charge is 2.39. The van der Waals surface area contributed by atoms with E-state index in [2.05, 4.69) is 56.9 Å². The van der Waals surface area contributed by atoms with E-state index in [1.807, 2.05) is 42.6 Å². The fraction of sp³-hybridized carbons (Fsp3) is 0.323. The summed E-state index contributed by atoms with van der Waals surface area (Å²) < 4.78 is 5.40. The molecular weight excluding hydrogens is 474 g/mol. The largest absolute Gasteiger partial charge is 0.496 e. The number of hydrogen-bond acceptors (Lipinski definition) is 4. The number of hydrogen-bond donors (Lipinski definition) is 2. The van der Waals surface area contributed by atoms with Crippen molar-refractivity contribution in [2.45, 2.75) is 43.7 Å². The number of ether oxygens (including phenoxy) is 1. The third-order valence-corrected chi connectivity index (χ3v) is 7.53. The molecule has 0 atom stereocenters. The summed E-state index contributed by atoms with van der Waals surface area (Å²) in [5.74, 6) is 1.01. The Hall–Kier alpha value is -4.31. The van der Waals surface area contributed by atoms with Crippen molar-refractivity contribution in [3.63, 3.8) is 0 Å². The van der Waals surface area contributed by atoms with E-state index >= 15 is 0 Å². The van der Waals surface area contributed by atoms with E-state index in [1.165, 1.54) is 5.56 Å². The van der Waals surface area contributed by atoms with Crippen molar-refractivity contribution in [1.82, 2.24) is 15.5 Å². The predicted molar refractivity (Wildman–Crippen MR) is 150 cm³/mol. The Morgan fingerprint density at radius 3 is 2.29 bits per heavy atom. The standard InChI is InChI=1S/C31H35N5O2/c1-33-30(35-23-32)36(21-24-11-5-3-6-12-24)26-17-19-31(20-18-26,25-13-7-4-8-14-25)22-34-29(37)27-15-9-10-16-28(27)38-2/h3-16,26H,17-22H2,1-2H3,(H,33,35)(H,34,37)/t26-,31+. The van der Waals surface area contributed by atoms with Gasteiger partial charge in [0.2, 0.25) is 12.2 Å². The van der Waals surface area contributed by atoms with Crippen LogP contribution in [0.4, 0.5) is 0 Å². The van der Waals surface area contributed by atoms with Gasteiger partial charge in [-0.15, -0.1) is 4.99 Å². The fourth-order valence-electron chi connectivity index (χ4n) is 5.47. The van der Waals surface area contributed by atoms with E-state index in [9.17, 15) is 10.1 Å². The SMILES string of the molecule is CNC(=NC#N)N(Cc1ccccc1)[C@H]1CC[C@@](CNC(=O)c2ccccc2OC)(c2ccccc2)CC1. The molecule has 1 aliphatic rings. The Labute approximate surface area is 225 Å². The van der Waals surface area contributed by atoms with Gasteiger partial charge in [-0.05, 0) is 48.9 Å². The molecule has 0 aliphatic heterocycles. The summed E-state index contributed by atoms with van der Waals surface area (Å²) >= 11 is 0. The van der Waals surface area contributed by atoms with Crippen LogP contribution in [0.3, 0.4) is 0 Å². The first kappa shape index (κ1) is 26.7. The van der Waals surface area contributed by atoms with Gasteiger partial charge < -0.3 is 20.3 Å². The van der Waals surface area contributed by atoms with Gasteiger partial charge in [0.1, 0.15) is 5.75 Å². The third-order valence-electron chi connectivity index (χ3n) is 7.53. The Morgan fingerprint density at radius 1 is 1.03 bits per heavy atom. The monoisotopic (exact) mass is 509 g/mol. The molecule has 7 heteroatoms. The van der Waals surface area contributed by atoms with Crippen molar-refractivity contribution < 1.29 is 9.53 Å². The normalized spacial score (nSPS) is 19.2. The molecule has 196 valence electrons. The third kappa shape index (κ3) is 6.15. The molecule has 0 radical (unpaired) electrons. The molecule has 0 bridgehead atoms. The zero-order chi connectivity index (χ0) is 26.8. The maximum atomic E-state index is 13.2. The van der Waals surface area contributed by atoms with Crippen LogP contribution in [0.1, 0.15) is 47.2 Å². The molecule has 0 saturated heterocycles. The van der Waals surface area contributed by atoms with Gasteiger partial charge in [0.05, 0.1) is 12.7 Å². The van der Waals surface area contributed by atoms with Gasteiger partial charge in [-0.2, -0.15) is 5.26 Å². The number of methoxy groups -OCH3 is 1.